The number of amides is 1. The van der Waals surface area contributed by atoms with Crippen molar-refractivity contribution >= 4 is 23.4 Å². The number of hydrogen-bond acceptors (Lipinski definition) is 9. The third-order valence-corrected chi connectivity index (χ3v) is 11.0. The van der Waals surface area contributed by atoms with Gasteiger partial charge >= 0.3 is 5.97 Å². The lowest BCUT2D eigenvalue weighted by Gasteiger charge is -2.56. The number of carbonyl (C=O) groups is 4. The van der Waals surface area contributed by atoms with Gasteiger partial charge in [-0.05, 0) is 73.8 Å². The highest BCUT2D eigenvalue weighted by Gasteiger charge is 2.66. The molecule has 0 heterocycles. The molecule has 216 valence electrons. The Kier molecular flexibility index (Phi) is 5.40. The number of aliphatic hydroxyl groups excluding tert-OH is 2. The molecule has 7 aliphatic carbocycles. The summed E-state index contributed by atoms with van der Waals surface area (Å²) in [5.41, 5.74) is 0.951. The third kappa shape index (κ3) is 3.34. The number of fused-ring (bicyclic) bond motifs is 3. The number of primary amides is 1. The van der Waals surface area contributed by atoms with Gasteiger partial charge in [-0.25, -0.2) is 0 Å². The second-order valence-electron chi connectivity index (χ2n) is 13.3. The minimum absolute atomic E-state index is 0.0808. The van der Waals surface area contributed by atoms with Crippen molar-refractivity contribution in [2.45, 2.75) is 69.5 Å². The molecule has 0 spiro atoms. The van der Waals surface area contributed by atoms with Crippen molar-refractivity contribution in [2.24, 2.45) is 40.7 Å². The van der Waals surface area contributed by atoms with Crippen molar-refractivity contribution in [2.75, 3.05) is 0 Å². The van der Waals surface area contributed by atoms with Gasteiger partial charge in [0, 0.05) is 23.8 Å². The van der Waals surface area contributed by atoms with E-state index in [0.717, 1.165) is 19.3 Å². The number of benzene rings is 1. The first kappa shape index (κ1) is 26.3. The summed E-state index contributed by atoms with van der Waals surface area (Å²) in [4.78, 5) is 53.8. The number of nitrogens with two attached hydrogens (primary N) is 1. The van der Waals surface area contributed by atoms with Crippen molar-refractivity contribution in [3.63, 3.8) is 0 Å². The number of allylic oxidation sites excluding steroid dienone is 1. The van der Waals surface area contributed by atoms with Crippen LogP contribution in [0, 0.1) is 35.0 Å². The van der Waals surface area contributed by atoms with Crippen LogP contribution in [0.25, 0.3) is 0 Å². The van der Waals surface area contributed by atoms with E-state index in [-0.39, 0.29) is 16.9 Å². The Bertz CT molecular complexity index is 1470. The Hall–Kier alpha value is -3.66. The van der Waals surface area contributed by atoms with Gasteiger partial charge in [0.2, 0.25) is 5.78 Å². The lowest BCUT2D eigenvalue weighted by atomic mass is 9.49. The number of phenolic OH excluding ortho intramolecular Hbond substituents is 1. The second-order valence-corrected chi connectivity index (χ2v) is 13.3. The molecular formula is C31H33NO9. The molecule has 0 saturated heterocycles. The van der Waals surface area contributed by atoms with Crippen LogP contribution in [0.5, 0.6) is 5.75 Å². The predicted molar refractivity (Wildman–Crippen MR) is 141 cm³/mol. The molecule has 10 heteroatoms. The molecule has 1 aromatic carbocycles. The van der Waals surface area contributed by atoms with Crippen LogP contribution in [0.3, 0.4) is 0 Å². The summed E-state index contributed by atoms with van der Waals surface area (Å²) in [6, 6.07) is 4.57. The second kappa shape index (κ2) is 8.44. The van der Waals surface area contributed by atoms with E-state index in [0.29, 0.717) is 42.6 Å². The van der Waals surface area contributed by atoms with Crippen LogP contribution in [-0.2, 0) is 19.1 Å². The average molecular weight is 564 g/mol. The molecule has 8 rings (SSSR count). The summed E-state index contributed by atoms with van der Waals surface area (Å²) in [6.45, 7) is 1.76. The summed E-state index contributed by atoms with van der Waals surface area (Å²) in [5.74, 6) is -7.58. The minimum Gasteiger partial charge on any atom is -0.511 e. The van der Waals surface area contributed by atoms with Crippen LogP contribution in [0.1, 0.15) is 73.7 Å². The van der Waals surface area contributed by atoms with E-state index in [1.165, 1.54) is 6.07 Å². The molecule has 41 heavy (non-hydrogen) atoms. The Morgan fingerprint density at radius 2 is 1.61 bits per heavy atom. The number of phenols is 1. The van der Waals surface area contributed by atoms with Gasteiger partial charge in [-0.15, -0.1) is 0 Å². The number of rotatable bonds is 3. The van der Waals surface area contributed by atoms with Gasteiger partial charge < -0.3 is 30.9 Å². The zero-order chi connectivity index (χ0) is 29.2. The van der Waals surface area contributed by atoms with Crippen molar-refractivity contribution in [1.29, 1.82) is 0 Å². The molecule has 0 aromatic heterocycles. The minimum atomic E-state index is -2.86. The molecule has 0 aliphatic heterocycles. The monoisotopic (exact) mass is 563 g/mol. The van der Waals surface area contributed by atoms with Gasteiger partial charge in [-0.3, -0.25) is 19.2 Å². The smallest absolute Gasteiger partial charge is 0.312 e. The summed E-state index contributed by atoms with van der Waals surface area (Å²) in [7, 11) is 0. The number of aromatic hydroxyl groups is 1. The largest absolute Gasteiger partial charge is 0.511 e. The third-order valence-electron chi connectivity index (χ3n) is 11.0. The first-order chi connectivity index (χ1) is 19.4. The number of carbonyl (C=O) groups excluding carboxylic acids is 4. The average Bonchev–Trinajstić information content (AvgIpc) is 2.89. The molecule has 1 amide bonds. The summed E-state index contributed by atoms with van der Waals surface area (Å²) in [6.07, 6.45) is 3.57. The number of esters is 1. The SMILES string of the molecule is C[C@H]1c2cccc(O)c2C(=O)C2=C(O)[C@]3(O)C(=O)C(C(N)=O)=C(O)C[C@@H]3[C@@H](OC(=O)C34CC5CC(CC(C5)C3)C4)[C@@H]21. The van der Waals surface area contributed by atoms with Gasteiger partial charge in [-0.1, -0.05) is 19.1 Å². The van der Waals surface area contributed by atoms with E-state index in [4.69, 9.17) is 10.5 Å². The quantitative estimate of drug-likeness (QED) is 0.272. The zero-order valence-electron chi connectivity index (χ0n) is 22.6. The molecule has 0 radical (unpaired) electrons. The van der Waals surface area contributed by atoms with Crippen molar-refractivity contribution < 1.29 is 44.3 Å². The zero-order valence-corrected chi connectivity index (χ0v) is 22.6. The van der Waals surface area contributed by atoms with Crippen molar-refractivity contribution in [1.82, 2.24) is 0 Å². The molecule has 6 N–H and O–H groups in total. The lowest BCUT2D eigenvalue weighted by molar-refractivity contribution is -0.193. The molecule has 4 bridgehead atoms. The molecule has 0 unspecified atom stereocenters. The highest BCUT2D eigenvalue weighted by molar-refractivity contribution is 6.24. The van der Waals surface area contributed by atoms with Gasteiger partial charge in [0.1, 0.15) is 28.9 Å². The Balaban J connectivity index is 1.39. The first-order valence-electron chi connectivity index (χ1n) is 14.4. The summed E-state index contributed by atoms with van der Waals surface area (Å²) in [5, 5.41) is 44.8. The van der Waals surface area contributed by atoms with Gasteiger partial charge in [0.25, 0.3) is 5.91 Å². The normalized spacial score (nSPS) is 40.7. The van der Waals surface area contributed by atoms with E-state index >= 15 is 0 Å². The molecule has 1 aromatic rings. The van der Waals surface area contributed by atoms with Crippen LogP contribution in [0.2, 0.25) is 0 Å². The fourth-order valence-corrected chi connectivity index (χ4v) is 9.69. The number of Topliss-reactive ketones (excluding diaryl/α,β-unsaturated/α-hetero) is 2. The number of ether oxygens (including phenoxy) is 1. The number of hydrogen-bond donors (Lipinski definition) is 5. The molecule has 7 aliphatic rings. The van der Waals surface area contributed by atoms with E-state index in [2.05, 4.69) is 0 Å². The van der Waals surface area contributed by atoms with Crippen LogP contribution in [0.4, 0.5) is 0 Å². The van der Waals surface area contributed by atoms with Gasteiger partial charge in [0.15, 0.2) is 11.4 Å². The van der Waals surface area contributed by atoms with Crippen LogP contribution >= 0.6 is 0 Å². The van der Waals surface area contributed by atoms with E-state index in [1.54, 1.807) is 19.1 Å². The maximum absolute atomic E-state index is 14.2. The Labute approximate surface area is 235 Å². The van der Waals surface area contributed by atoms with Crippen LogP contribution < -0.4 is 5.73 Å². The molecule has 10 nitrogen and oxygen atoms in total. The standard InChI is InChI=1S/C31H33NO9/c1-12-16-3-2-4-18(33)21(16)24(35)23-20(12)25(17-8-19(34)22(28(32)38)26(36)31(17,40)27(23)37)41-29(39)30-9-13-5-14(10-30)7-15(6-13)11-30/h2-4,12-15,17,20,25,33-34,37,40H,5-11H2,1H3,(H2,32,38)/t12-,13?,14?,15?,17+,20+,25+,30?,31+/m0/s1. The molecule has 5 atom stereocenters. The van der Waals surface area contributed by atoms with Crippen molar-refractivity contribution in [3.8, 4) is 5.75 Å². The lowest BCUT2D eigenvalue weighted by Crippen LogP contribution is -2.64. The van der Waals surface area contributed by atoms with E-state index in [9.17, 15) is 39.6 Å². The fraction of sp³-hybridized carbons (Fsp3) is 0.548. The highest BCUT2D eigenvalue weighted by Crippen LogP contribution is 2.62. The Morgan fingerprint density at radius 1 is 1.00 bits per heavy atom. The van der Waals surface area contributed by atoms with Crippen LogP contribution in [0.15, 0.2) is 40.9 Å². The van der Waals surface area contributed by atoms with Gasteiger partial charge in [-0.2, -0.15) is 0 Å². The Morgan fingerprint density at radius 3 is 2.20 bits per heavy atom. The maximum atomic E-state index is 14.2. The van der Waals surface area contributed by atoms with E-state index < -0.39 is 81.8 Å². The van der Waals surface area contributed by atoms with Crippen LogP contribution in [-0.4, -0.2) is 55.6 Å². The highest BCUT2D eigenvalue weighted by atomic mass is 16.5. The maximum Gasteiger partial charge on any atom is 0.312 e. The van der Waals surface area contributed by atoms with Gasteiger partial charge in [0.05, 0.1) is 11.0 Å². The summed E-state index contributed by atoms with van der Waals surface area (Å²) >= 11 is 0. The van der Waals surface area contributed by atoms with E-state index in [1.807, 2.05) is 0 Å². The molecule has 4 fully saturated rings. The molecule has 4 saturated carbocycles. The summed E-state index contributed by atoms with van der Waals surface area (Å²) < 4.78 is 6.32. The first-order valence-corrected chi connectivity index (χ1v) is 14.4. The number of ketones is 2. The fourth-order valence-electron chi connectivity index (χ4n) is 9.69. The topological polar surface area (TPSA) is 184 Å². The van der Waals surface area contributed by atoms with Crippen molar-refractivity contribution in [3.05, 3.63) is 52.0 Å². The molecular weight excluding hydrogens is 530 g/mol. The predicted octanol–water partition coefficient (Wildman–Crippen LogP) is 2.88. The number of aliphatic hydroxyl groups is 3.